The molecule has 0 saturated carbocycles. The number of anilines is 1. The number of nitrogens with zero attached hydrogens (tertiary/aromatic N) is 6. The van der Waals surface area contributed by atoms with Crippen LogP contribution < -0.4 is 9.75 Å². The summed E-state index contributed by atoms with van der Waals surface area (Å²) in [5.74, 6) is 0.929. The average Bonchev–Trinajstić information content (AvgIpc) is 2.70. The number of aromatic nitrogens is 3. The van der Waals surface area contributed by atoms with Crippen molar-refractivity contribution >= 4 is 23.0 Å². The van der Waals surface area contributed by atoms with Gasteiger partial charge in [0.2, 0.25) is 5.88 Å². The first-order valence-corrected chi connectivity index (χ1v) is 7.99. The smallest absolute Gasteiger partial charge is 0.219 e. The fraction of sp³-hybridized carbons (Fsp3) is 0. The summed E-state index contributed by atoms with van der Waals surface area (Å²) in [4.78, 5) is 12.4. The molecule has 1 aliphatic heterocycles. The largest absolute Gasteiger partial charge is 0.437 e. The zero-order chi connectivity index (χ0) is 17.8. The monoisotopic (exact) mass is 362 g/mol. The molecule has 3 aromatic rings. The summed E-state index contributed by atoms with van der Waals surface area (Å²) in [5.41, 5.74) is 5.06. The highest BCUT2D eigenvalue weighted by Crippen LogP contribution is 2.25. The summed E-state index contributed by atoms with van der Waals surface area (Å²) in [6, 6.07) is 10.8. The molecule has 4 rings (SSSR count). The Morgan fingerprint density at radius 1 is 1.04 bits per heavy atom. The van der Waals surface area contributed by atoms with Crippen molar-refractivity contribution in [3.8, 4) is 11.6 Å². The lowest BCUT2D eigenvalue weighted by Crippen LogP contribution is -2.08. The maximum absolute atomic E-state index is 5.88. The molecule has 126 valence electrons. The molecule has 7 nitrogen and oxygen atoms in total. The van der Waals surface area contributed by atoms with E-state index in [1.165, 1.54) is 6.20 Å². The fourth-order valence-electron chi connectivity index (χ4n) is 2.16. The summed E-state index contributed by atoms with van der Waals surface area (Å²) in [6.07, 6.45) is 8.09. The molecule has 0 spiro atoms. The van der Waals surface area contributed by atoms with Crippen molar-refractivity contribution in [3.63, 3.8) is 0 Å². The van der Waals surface area contributed by atoms with E-state index in [2.05, 4.69) is 31.0 Å². The first-order chi connectivity index (χ1) is 12.8. The summed E-state index contributed by atoms with van der Waals surface area (Å²) in [6.45, 7) is 0. The molecule has 0 atom stereocenters. The van der Waals surface area contributed by atoms with Crippen molar-refractivity contribution in [3.05, 3.63) is 83.8 Å². The highest BCUT2D eigenvalue weighted by molar-refractivity contribution is 6.30. The van der Waals surface area contributed by atoms with E-state index < -0.39 is 0 Å². The molecule has 4 heterocycles. The third-order valence-corrected chi connectivity index (χ3v) is 3.57. The molecule has 0 bridgehead atoms. The Kier molecular flexibility index (Phi) is 4.38. The third kappa shape index (κ3) is 3.59. The third-order valence-electron chi connectivity index (χ3n) is 3.36. The van der Waals surface area contributed by atoms with E-state index in [1.807, 2.05) is 24.3 Å². The van der Waals surface area contributed by atoms with Crippen molar-refractivity contribution < 1.29 is 4.74 Å². The van der Waals surface area contributed by atoms with Crippen LogP contribution in [-0.2, 0) is 0 Å². The number of pyridine rings is 3. The van der Waals surface area contributed by atoms with Gasteiger partial charge in [0.05, 0.1) is 35.0 Å². The van der Waals surface area contributed by atoms with Gasteiger partial charge in [-0.3, -0.25) is 9.97 Å². The van der Waals surface area contributed by atoms with Gasteiger partial charge in [0.1, 0.15) is 5.75 Å². The first-order valence-electron chi connectivity index (χ1n) is 7.61. The van der Waals surface area contributed by atoms with Gasteiger partial charge in [-0.25, -0.2) is 9.99 Å². The van der Waals surface area contributed by atoms with Crippen LogP contribution in [0.1, 0.15) is 5.69 Å². The van der Waals surface area contributed by atoms with E-state index >= 15 is 0 Å². The Hall–Kier alpha value is -3.54. The minimum absolute atomic E-state index is 0.417. The molecule has 26 heavy (non-hydrogen) atoms. The molecule has 0 fully saturated rings. The molecule has 0 N–H and O–H groups in total. The second-order valence-corrected chi connectivity index (χ2v) is 5.60. The lowest BCUT2D eigenvalue weighted by atomic mass is 10.3. The van der Waals surface area contributed by atoms with Crippen molar-refractivity contribution in [1.82, 2.24) is 15.0 Å². The maximum atomic E-state index is 5.88. The highest BCUT2D eigenvalue weighted by atomic mass is 35.5. The van der Waals surface area contributed by atoms with Crippen molar-refractivity contribution in [2.24, 2.45) is 10.3 Å². The number of hydrogen-bond acceptors (Lipinski definition) is 7. The molecular weight excluding hydrogens is 352 g/mol. The molecule has 0 aliphatic carbocycles. The molecule has 8 heteroatoms. The first kappa shape index (κ1) is 16.0. The Labute approximate surface area is 154 Å². The van der Waals surface area contributed by atoms with Crippen LogP contribution in [0.2, 0.25) is 5.02 Å². The van der Waals surface area contributed by atoms with E-state index in [4.69, 9.17) is 16.3 Å². The number of ether oxygens (including phenoxy) is 1. The number of rotatable bonds is 4. The summed E-state index contributed by atoms with van der Waals surface area (Å²) >= 11 is 5.88. The Morgan fingerprint density at radius 2 is 2.00 bits per heavy atom. The molecule has 0 amide bonds. The van der Waals surface area contributed by atoms with Gasteiger partial charge in [0.25, 0.3) is 0 Å². The Balaban J connectivity index is 1.50. The summed E-state index contributed by atoms with van der Waals surface area (Å²) in [7, 11) is 0. The summed E-state index contributed by atoms with van der Waals surface area (Å²) in [5, 5.41) is 10.3. The quantitative estimate of drug-likeness (QED) is 0.631. The normalized spacial score (nSPS) is 12.8. The highest BCUT2D eigenvalue weighted by Gasteiger charge is 2.09. The van der Waals surface area contributed by atoms with Crippen LogP contribution in [0.4, 0.5) is 5.69 Å². The zero-order valence-corrected chi connectivity index (χ0v) is 14.1. The topological polar surface area (TPSA) is 75.9 Å². The zero-order valence-electron chi connectivity index (χ0n) is 13.3. The van der Waals surface area contributed by atoms with Gasteiger partial charge in [-0.15, -0.1) is 5.11 Å². The predicted octanol–water partition coefficient (Wildman–Crippen LogP) is 4.66. The Morgan fingerprint density at radius 3 is 2.69 bits per heavy atom. The molecule has 0 unspecified atom stereocenters. The molecule has 0 saturated heterocycles. The van der Waals surface area contributed by atoms with Crippen LogP contribution in [0.5, 0.6) is 11.6 Å². The van der Waals surface area contributed by atoms with Gasteiger partial charge in [0.15, 0.2) is 5.70 Å². The lowest BCUT2D eigenvalue weighted by Gasteiger charge is -2.14. The standard InChI is InChI=1S/C18H11ClN6O/c19-13-9-15(12-20-10-13)26-18-5-4-14(11-22-18)25-8-6-17(23-24-25)16-3-1-2-7-21-16/h1-5,7-12H. The minimum atomic E-state index is 0.417. The van der Waals surface area contributed by atoms with Crippen molar-refractivity contribution in [2.45, 2.75) is 0 Å². The number of halogens is 1. The molecule has 0 radical (unpaired) electrons. The molecule has 0 aromatic carbocycles. The van der Waals surface area contributed by atoms with Crippen LogP contribution in [0, 0.1) is 0 Å². The molecule has 1 aliphatic rings. The molecular formula is C18H11ClN6O. The van der Waals surface area contributed by atoms with Gasteiger partial charge in [-0.05, 0) is 18.2 Å². The number of hydrogen-bond donors (Lipinski definition) is 0. The lowest BCUT2D eigenvalue weighted by molar-refractivity contribution is 0.461. The van der Waals surface area contributed by atoms with Gasteiger partial charge in [-0.1, -0.05) is 28.6 Å². The van der Waals surface area contributed by atoms with E-state index in [0.717, 1.165) is 5.69 Å². The minimum Gasteiger partial charge on any atom is -0.437 e. The van der Waals surface area contributed by atoms with Gasteiger partial charge in [-0.2, -0.15) is 0 Å². The average molecular weight is 363 g/mol. The van der Waals surface area contributed by atoms with Crippen LogP contribution in [0.3, 0.4) is 0 Å². The van der Waals surface area contributed by atoms with E-state index in [-0.39, 0.29) is 0 Å². The second kappa shape index (κ2) is 7.14. The van der Waals surface area contributed by atoms with Gasteiger partial charge < -0.3 is 4.74 Å². The predicted molar refractivity (Wildman–Crippen MR) is 96.6 cm³/mol. The van der Waals surface area contributed by atoms with Crippen LogP contribution in [0.15, 0.2) is 83.5 Å². The SMILES string of the molecule is Clc1cncc(Oc2ccc(N3C=C=C(c4ccccn4)N=N3)cn2)c1. The van der Waals surface area contributed by atoms with Crippen molar-refractivity contribution in [2.75, 3.05) is 5.01 Å². The van der Waals surface area contributed by atoms with Crippen LogP contribution in [0.25, 0.3) is 5.70 Å². The van der Waals surface area contributed by atoms with Gasteiger partial charge in [0, 0.05) is 24.5 Å². The van der Waals surface area contributed by atoms with Gasteiger partial charge >= 0.3 is 0 Å². The van der Waals surface area contributed by atoms with Crippen LogP contribution in [-0.4, -0.2) is 15.0 Å². The van der Waals surface area contributed by atoms with E-state index in [0.29, 0.717) is 28.0 Å². The maximum Gasteiger partial charge on any atom is 0.219 e. The van der Waals surface area contributed by atoms with Crippen molar-refractivity contribution in [1.29, 1.82) is 0 Å². The molecule has 3 aromatic heterocycles. The van der Waals surface area contributed by atoms with Crippen LogP contribution >= 0.6 is 11.6 Å². The van der Waals surface area contributed by atoms with E-state index in [1.54, 1.807) is 41.9 Å². The Bertz CT molecular complexity index is 1010. The van der Waals surface area contributed by atoms with E-state index in [9.17, 15) is 0 Å². The summed E-state index contributed by atoms with van der Waals surface area (Å²) < 4.78 is 5.61. The second-order valence-electron chi connectivity index (χ2n) is 5.17. The fourth-order valence-corrected chi connectivity index (χ4v) is 2.33.